The molecule has 2 aliphatic carbocycles. The van der Waals surface area contributed by atoms with Gasteiger partial charge in [-0.05, 0) is 56.2 Å². The van der Waals surface area contributed by atoms with Crippen LogP contribution >= 0.6 is 0 Å². The Kier molecular flexibility index (Phi) is 5.85. The van der Waals surface area contributed by atoms with Crippen LogP contribution in [0.1, 0.15) is 50.3 Å². The van der Waals surface area contributed by atoms with E-state index >= 15 is 0 Å². The first-order valence-electron chi connectivity index (χ1n) is 13.0. The van der Waals surface area contributed by atoms with Gasteiger partial charge in [-0.15, -0.1) is 0 Å². The van der Waals surface area contributed by atoms with Crippen molar-refractivity contribution in [3.8, 4) is 17.2 Å². The molecule has 184 valence electrons. The van der Waals surface area contributed by atoms with Crippen molar-refractivity contribution < 1.29 is 9.53 Å². The minimum atomic E-state index is 0.00314. The second kappa shape index (κ2) is 9.18. The van der Waals surface area contributed by atoms with Crippen molar-refractivity contribution in [3.63, 3.8) is 0 Å². The van der Waals surface area contributed by atoms with E-state index in [0.717, 1.165) is 52.7 Å². The molecule has 3 aliphatic rings. The SMILES string of the molecule is CCO[C@@H]1C[C@@H]1C(=O)N1CCN(c2nc(C3CC3)c(-c3cccc4cnccc34)cc2C#N)CC1C. The Labute approximate surface area is 211 Å². The molecule has 2 aromatic heterocycles. The van der Waals surface area contributed by atoms with Gasteiger partial charge >= 0.3 is 0 Å². The average molecular weight is 482 g/mol. The van der Waals surface area contributed by atoms with Crippen LogP contribution in [-0.2, 0) is 9.53 Å². The molecule has 7 heteroatoms. The molecule has 6 rings (SSSR count). The zero-order valence-corrected chi connectivity index (χ0v) is 20.9. The van der Waals surface area contributed by atoms with E-state index in [-0.39, 0.29) is 24.0 Å². The predicted octanol–water partition coefficient (Wildman–Crippen LogP) is 4.51. The number of pyridine rings is 2. The molecule has 1 saturated heterocycles. The maximum atomic E-state index is 13.0. The Bertz CT molecular complexity index is 1360. The number of piperazine rings is 1. The molecule has 2 saturated carbocycles. The molecule has 7 nitrogen and oxygen atoms in total. The van der Waals surface area contributed by atoms with Gasteiger partial charge in [0.2, 0.25) is 5.91 Å². The normalized spacial score (nSPS) is 23.5. The summed E-state index contributed by atoms with van der Waals surface area (Å²) in [6, 6.07) is 12.8. The number of fused-ring (bicyclic) bond motifs is 1. The molecule has 1 unspecified atom stereocenters. The summed E-state index contributed by atoms with van der Waals surface area (Å²) in [5, 5.41) is 12.3. The van der Waals surface area contributed by atoms with Crippen LogP contribution in [0.2, 0.25) is 0 Å². The van der Waals surface area contributed by atoms with E-state index in [0.29, 0.717) is 37.7 Å². The average Bonchev–Trinajstić information content (AvgIpc) is 3.83. The largest absolute Gasteiger partial charge is 0.378 e. The minimum Gasteiger partial charge on any atom is -0.378 e. The molecule has 3 fully saturated rings. The van der Waals surface area contributed by atoms with Gasteiger partial charge in [0.1, 0.15) is 11.9 Å². The van der Waals surface area contributed by atoms with Gasteiger partial charge in [-0.25, -0.2) is 4.98 Å². The molecule has 3 heterocycles. The summed E-state index contributed by atoms with van der Waals surface area (Å²) in [6.45, 7) is 6.69. The number of anilines is 1. The summed E-state index contributed by atoms with van der Waals surface area (Å²) in [7, 11) is 0. The Morgan fingerprint density at radius 2 is 2.08 bits per heavy atom. The number of aromatic nitrogens is 2. The van der Waals surface area contributed by atoms with Crippen LogP contribution in [0.5, 0.6) is 0 Å². The molecule has 3 aromatic rings. The maximum absolute atomic E-state index is 13.0. The number of benzene rings is 1. The summed E-state index contributed by atoms with van der Waals surface area (Å²) in [5.74, 6) is 1.38. The molecular weight excluding hydrogens is 450 g/mol. The van der Waals surface area contributed by atoms with E-state index in [1.807, 2.05) is 42.4 Å². The number of carbonyl (C=O) groups is 1. The van der Waals surface area contributed by atoms with Gasteiger partial charge in [0.15, 0.2) is 0 Å². The lowest BCUT2D eigenvalue weighted by Gasteiger charge is -2.41. The standard InChI is InChI=1S/C29H31N5O2/c1-3-36-26-14-25(26)29(35)34-12-11-33(17-18(34)2)28-21(15-30)13-24(27(32-28)19-7-8-19)23-6-4-5-20-16-31-10-9-22(20)23/h4-6,9-10,13,16,18-19,25-26H,3,7-8,11-12,14,17H2,1-2H3/t18?,25-,26+/m0/s1. The van der Waals surface area contributed by atoms with Crippen molar-refractivity contribution in [2.45, 2.75) is 51.2 Å². The highest BCUT2D eigenvalue weighted by Gasteiger charge is 2.47. The molecule has 1 aliphatic heterocycles. The Hall–Kier alpha value is -3.50. The number of ether oxygens (including phenoxy) is 1. The first-order valence-corrected chi connectivity index (χ1v) is 13.0. The van der Waals surface area contributed by atoms with E-state index in [2.05, 4.69) is 35.0 Å². The molecule has 0 radical (unpaired) electrons. The number of rotatable bonds is 6. The van der Waals surface area contributed by atoms with E-state index in [1.165, 1.54) is 0 Å². The fourth-order valence-corrected chi connectivity index (χ4v) is 5.60. The van der Waals surface area contributed by atoms with E-state index < -0.39 is 0 Å². The highest BCUT2D eigenvalue weighted by atomic mass is 16.5. The third-order valence-corrected chi connectivity index (χ3v) is 7.73. The Morgan fingerprint density at radius 1 is 1.22 bits per heavy atom. The highest BCUT2D eigenvalue weighted by molar-refractivity contribution is 5.97. The first-order chi connectivity index (χ1) is 17.6. The lowest BCUT2D eigenvalue weighted by molar-refractivity contribution is -0.136. The van der Waals surface area contributed by atoms with Crippen LogP contribution in [-0.4, -0.2) is 59.2 Å². The van der Waals surface area contributed by atoms with Crippen molar-refractivity contribution in [3.05, 3.63) is 54.0 Å². The number of nitriles is 1. The third-order valence-electron chi connectivity index (χ3n) is 7.73. The number of hydrogen-bond acceptors (Lipinski definition) is 6. The van der Waals surface area contributed by atoms with Crippen molar-refractivity contribution in [2.75, 3.05) is 31.1 Å². The maximum Gasteiger partial charge on any atom is 0.228 e. The van der Waals surface area contributed by atoms with Gasteiger partial charge < -0.3 is 14.5 Å². The molecule has 36 heavy (non-hydrogen) atoms. The molecule has 0 N–H and O–H groups in total. The second-order valence-electron chi connectivity index (χ2n) is 10.2. The molecular formula is C29H31N5O2. The summed E-state index contributed by atoms with van der Waals surface area (Å²) >= 11 is 0. The van der Waals surface area contributed by atoms with Crippen molar-refractivity contribution in [1.82, 2.24) is 14.9 Å². The van der Waals surface area contributed by atoms with Crippen LogP contribution in [0.4, 0.5) is 5.82 Å². The molecule has 1 aromatic carbocycles. The number of nitrogens with zero attached hydrogens (tertiary/aromatic N) is 5. The zero-order valence-electron chi connectivity index (χ0n) is 20.9. The first kappa shape index (κ1) is 22.9. The monoisotopic (exact) mass is 481 g/mol. The topological polar surface area (TPSA) is 82.3 Å². The Morgan fingerprint density at radius 3 is 2.83 bits per heavy atom. The van der Waals surface area contributed by atoms with Gasteiger partial charge in [0.05, 0.1) is 23.3 Å². The second-order valence-corrected chi connectivity index (χ2v) is 10.2. The predicted molar refractivity (Wildman–Crippen MR) is 139 cm³/mol. The van der Waals surface area contributed by atoms with E-state index in [4.69, 9.17) is 9.72 Å². The van der Waals surface area contributed by atoms with Crippen LogP contribution in [0.25, 0.3) is 21.9 Å². The molecule has 1 amide bonds. The molecule has 3 atom stereocenters. The fourth-order valence-electron chi connectivity index (χ4n) is 5.60. The van der Waals surface area contributed by atoms with Gasteiger partial charge in [-0.1, -0.05) is 18.2 Å². The zero-order chi connectivity index (χ0) is 24.8. The van der Waals surface area contributed by atoms with E-state index in [9.17, 15) is 10.1 Å². The van der Waals surface area contributed by atoms with Crippen LogP contribution in [0.3, 0.4) is 0 Å². The van der Waals surface area contributed by atoms with Crippen molar-refractivity contribution in [1.29, 1.82) is 5.26 Å². The minimum absolute atomic E-state index is 0.00314. The van der Waals surface area contributed by atoms with Gasteiger partial charge in [0.25, 0.3) is 0 Å². The van der Waals surface area contributed by atoms with Crippen LogP contribution in [0, 0.1) is 17.2 Å². The van der Waals surface area contributed by atoms with Gasteiger partial charge in [-0.2, -0.15) is 5.26 Å². The fraction of sp³-hybridized carbons (Fsp3) is 0.448. The number of carbonyl (C=O) groups excluding carboxylic acids is 1. The Balaban J connectivity index is 1.31. The van der Waals surface area contributed by atoms with Gasteiger partial charge in [-0.3, -0.25) is 9.78 Å². The van der Waals surface area contributed by atoms with E-state index in [1.54, 1.807) is 0 Å². The molecule has 0 bridgehead atoms. The summed E-state index contributed by atoms with van der Waals surface area (Å²) in [5.41, 5.74) is 3.82. The molecule has 0 spiro atoms. The third kappa shape index (κ3) is 4.10. The lowest BCUT2D eigenvalue weighted by atomic mass is 9.95. The number of hydrogen-bond donors (Lipinski definition) is 0. The van der Waals surface area contributed by atoms with Crippen molar-refractivity contribution >= 4 is 22.5 Å². The summed E-state index contributed by atoms with van der Waals surface area (Å²) in [6.07, 6.45) is 6.85. The highest BCUT2D eigenvalue weighted by Crippen LogP contribution is 2.46. The summed E-state index contributed by atoms with van der Waals surface area (Å²) in [4.78, 5) is 26.7. The van der Waals surface area contributed by atoms with Gasteiger partial charge in [0, 0.05) is 61.5 Å². The lowest BCUT2D eigenvalue weighted by Crippen LogP contribution is -2.55. The van der Waals surface area contributed by atoms with Crippen LogP contribution in [0.15, 0.2) is 42.7 Å². The van der Waals surface area contributed by atoms with Crippen molar-refractivity contribution in [2.24, 2.45) is 5.92 Å². The number of amides is 1. The van der Waals surface area contributed by atoms with Crippen LogP contribution < -0.4 is 4.90 Å². The smallest absolute Gasteiger partial charge is 0.228 e. The summed E-state index contributed by atoms with van der Waals surface area (Å²) < 4.78 is 5.64. The quantitative estimate of drug-likeness (QED) is 0.515.